The van der Waals surface area contributed by atoms with Gasteiger partial charge in [-0.25, -0.2) is 0 Å². The molecule has 1 unspecified atom stereocenters. The fraction of sp³-hybridized carbons (Fsp3) is 0.833. The molecule has 0 aliphatic heterocycles. The van der Waals surface area contributed by atoms with Gasteiger partial charge in [-0.15, -0.1) is 11.8 Å². The van der Waals surface area contributed by atoms with E-state index in [4.69, 9.17) is 0 Å². The molecule has 1 atom stereocenters. The summed E-state index contributed by atoms with van der Waals surface area (Å²) in [4.78, 5) is 0. The number of unbranched alkanes of at least 4 members (excludes halogenated alkanes) is 12. The van der Waals surface area contributed by atoms with Crippen molar-refractivity contribution in [3.8, 4) is 11.8 Å². The molecule has 0 aromatic heterocycles. The SMILES string of the molecule is [CH2]CC#CCCCCCCCC(CC)CCCCCCCCC[CH2]. The van der Waals surface area contributed by atoms with Crippen LogP contribution < -0.4 is 0 Å². The van der Waals surface area contributed by atoms with Crippen molar-refractivity contribution in [1.82, 2.24) is 0 Å². The van der Waals surface area contributed by atoms with Gasteiger partial charge in [-0.05, 0) is 19.3 Å². The summed E-state index contributed by atoms with van der Waals surface area (Å²) in [7, 11) is 0. The minimum Gasteiger partial charge on any atom is -0.103 e. The molecule has 0 fully saturated rings. The van der Waals surface area contributed by atoms with Crippen LogP contribution in [0.3, 0.4) is 0 Å². The van der Waals surface area contributed by atoms with Crippen LogP contribution in [-0.4, -0.2) is 0 Å². The van der Waals surface area contributed by atoms with Crippen LogP contribution in [0.5, 0.6) is 0 Å². The first-order chi connectivity index (χ1) is 11.8. The highest BCUT2D eigenvalue weighted by Crippen LogP contribution is 2.21. The van der Waals surface area contributed by atoms with E-state index in [9.17, 15) is 0 Å². The van der Waals surface area contributed by atoms with Crippen LogP contribution in [-0.2, 0) is 0 Å². The minimum atomic E-state index is 0.759. The second kappa shape index (κ2) is 20.6. The van der Waals surface area contributed by atoms with Gasteiger partial charge < -0.3 is 0 Å². The van der Waals surface area contributed by atoms with E-state index in [2.05, 4.69) is 32.6 Å². The van der Waals surface area contributed by atoms with Gasteiger partial charge in [0.05, 0.1) is 0 Å². The first-order valence-electron chi connectivity index (χ1n) is 10.9. The predicted octanol–water partition coefficient (Wildman–Crippen LogP) is 8.32. The van der Waals surface area contributed by atoms with Crippen LogP contribution >= 0.6 is 0 Å². The molecule has 0 amide bonds. The van der Waals surface area contributed by atoms with Gasteiger partial charge in [0.2, 0.25) is 0 Å². The second-order valence-corrected chi connectivity index (χ2v) is 7.30. The Labute approximate surface area is 154 Å². The zero-order valence-corrected chi connectivity index (χ0v) is 16.7. The number of hydrogen-bond donors (Lipinski definition) is 0. The normalized spacial score (nSPS) is 12.0. The second-order valence-electron chi connectivity index (χ2n) is 7.30. The molecule has 0 aromatic carbocycles. The third-order valence-electron chi connectivity index (χ3n) is 5.10. The first-order valence-corrected chi connectivity index (χ1v) is 10.9. The molecule has 0 aliphatic carbocycles. The fourth-order valence-corrected chi connectivity index (χ4v) is 3.40. The van der Waals surface area contributed by atoms with Gasteiger partial charge in [0, 0.05) is 12.8 Å². The smallest absolute Gasteiger partial charge is 0.00890 e. The Morgan fingerprint density at radius 1 is 0.625 bits per heavy atom. The van der Waals surface area contributed by atoms with Crippen LogP contribution in [0.25, 0.3) is 0 Å². The number of rotatable bonds is 17. The van der Waals surface area contributed by atoms with Crippen molar-refractivity contribution in [3.63, 3.8) is 0 Å². The van der Waals surface area contributed by atoms with Crippen LogP contribution in [0.2, 0.25) is 0 Å². The Balaban J connectivity index is 3.34. The van der Waals surface area contributed by atoms with E-state index in [-0.39, 0.29) is 0 Å². The molecule has 0 nitrogen and oxygen atoms in total. The summed E-state index contributed by atoms with van der Waals surface area (Å²) < 4.78 is 0. The lowest BCUT2D eigenvalue weighted by atomic mass is 9.92. The van der Waals surface area contributed by atoms with Crippen molar-refractivity contribution in [3.05, 3.63) is 13.8 Å². The van der Waals surface area contributed by atoms with Gasteiger partial charge in [-0.2, -0.15) is 0 Å². The maximum atomic E-state index is 3.91. The third kappa shape index (κ3) is 17.9. The standard InChI is InChI=1S/C24H44/c1-4-7-9-11-13-15-17-19-21-23-24(6-3)22-20-18-16-14-12-10-8-5-2/h24H,1-2,4-6,8,10-23H2,3H3. The lowest BCUT2D eigenvalue weighted by molar-refractivity contribution is 0.392. The highest BCUT2D eigenvalue weighted by Gasteiger charge is 2.05. The van der Waals surface area contributed by atoms with Crippen molar-refractivity contribution >= 4 is 0 Å². The monoisotopic (exact) mass is 332 g/mol. The quantitative estimate of drug-likeness (QED) is 0.185. The molecule has 0 aliphatic rings. The van der Waals surface area contributed by atoms with Crippen LogP contribution in [0.15, 0.2) is 0 Å². The van der Waals surface area contributed by atoms with Gasteiger partial charge in [-0.1, -0.05) is 110 Å². The van der Waals surface area contributed by atoms with Crippen molar-refractivity contribution in [2.45, 2.75) is 122 Å². The summed E-state index contributed by atoms with van der Waals surface area (Å²) >= 11 is 0. The van der Waals surface area contributed by atoms with Crippen molar-refractivity contribution in [1.29, 1.82) is 0 Å². The van der Waals surface area contributed by atoms with Crippen molar-refractivity contribution in [2.75, 3.05) is 0 Å². The fourth-order valence-electron chi connectivity index (χ4n) is 3.40. The lowest BCUT2D eigenvalue weighted by Gasteiger charge is -2.14. The lowest BCUT2D eigenvalue weighted by Crippen LogP contribution is -1.99. The Bertz CT molecular complexity index is 280. The van der Waals surface area contributed by atoms with Gasteiger partial charge in [0.25, 0.3) is 0 Å². The summed E-state index contributed by atoms with van der Waals surface area (Å²) in [6, 6.07) is 0. The van der Waals surface area contributed by atoms with Gasteiger partial charge in [-0.3, -0.25) is 0 Å². The Morgan fingerprint density at radius 2 is 1.12 bits per heavy atom. The molecule has 0 saturated carbocycles. The molecule has 0 rings (SSSR count). The summed E-state index contributed by atoms with van der Waals surface area (Å²) in [6.45, 7) is 10.0. The minimum absolute atomic E-state index is 0.759. The average Bonchev–Trinajstić information content (AvgIpc) is 2.60. The summed E-state index contributed by atoms with van der Waals surface area (Å²) in [6.07, 6.45) is 24.1. The van der Waals surface area contributed by atoms with E-state index in [0.29, 0.717) is 0 Å². The Kier molecular flexibility index (Phi) is 20.2. The van der Waals surface area contributed by atoms with Crippen molar-refractivity contribution in [2.24, 2.45) is 5.92 Å². The maximum Gasteiger partial charge on any atom is 0.00890 e. The number of hydrogen-bond acceptors (Lipinski definition) is 0. The summed E-state index contributed by atoms with van der Waals surface area (Å²) in [5.74, 6) is 7.22. The third-order valence-corrected chi connectivity index (χ3v) is 5.10. The largest absolute Gasteiger partial charge is 0.103 e. The molecule has 24 heavy (non-hydrogen) atoms. The van der Waals surface area contributed by atoms with E-state index in [1.807, 2.05) is 0 Å². The van der Waals surface area contributed by atoms with Crippen LogP contribution in [0, 0.1) is 31.6 Å². The van der Waals surface area contributed by atoms with E-state index in [1.54, 1.807) is 0 Å². The molecule has 0 spiro atoms. The predicted molar refractivity (Wildman–Crippen MR) is 111 cm³/mol. The molecule has 0 heterocycles. The molecule has 0 saturated heterocycles. The zero-order valence-electron chi connectivity index (χ0n) is 16.7. The molecule has 0 heteroatoms. The van der Waals surface area contributed by atoms with E-state index in [1.165, 1.54) is 96.3 Å². The van der Waals surface area contributed by atoms with E-state index >= 15 is 0 Å². The molecular formula is C24H44. The van der Waals surface area contributed by atoms with Gasteiger partial charge in [0.1, 0.15) is 0 Å². The summed E-state index contributed by atoms with van der Waals surface area (Å²) in [5, 5.41) is 0. The van der Waals surface area contributed by atoms with Crippen LogP contribution in [0.4, 0.5) is 0 Å². The average molecular weight is 333 g/mol. The highest BCUT2D eigenvalue weighted by molar-refractivity contribution is 4.98. The van der Waals surface area contributed by atoms with Gasteiger partial charge in [0.15, 0.2) is 0 Å². The first kappa shape index (κ1) is 23.6. The summed E-state index contributed by atoms with van der Waals surface area (Å²) in [5.41, 5.74) is 0. The topological polar surface area (TPSA) is 0 Å². The van der Waals surface area contributed by atoms with Crippen LogP contribution in [0.1, 0.15) is 122 Å². The van der Waals surface area contributed by atoms with E-state index < -0.39 is 0 Å². The van der Waals surface area contributed by atoms with E-state index in [0.717, 1.165) is 25.2 Å². The zero-order chi connectivity index (χ0) is 17.7. The molecule has 2 radical (unpaired) electrons. The van der Waals surface area contributed by atoms with Crippen molar-refractivity contribution < 1.29 is 0 Å². The molecular weight excluding hydrogens is 288 g/mol. The highest BCUT2D eigenvalue weighted by atomic mass is 14.1. The molecule has 0 N–H and O–H groups in total. The molecule has 0 aromatic rings. The molecule has 140 valence electrons. The Hall–Kier alpha value is -0.440. The maximum absolute atomic E-state index is 3.91. The Morgan fingerprint density at radius 3 is 1.62 bits per heavy atom. The molecule has 0 bridgehead atoms. The van der Waals surface area contributed by atoms with Gasteiger partial charge >= 0.3 is 0 Å².